The average Bonchev–Trinajstić information content (AvgIpc) is 2.24. The molecule has 0 saturated heterocycles. The predicted molar refractivity (Wildman–Crippen MR) is 80.1 cm³/mol. The van der Waals surface area contributed by atoms with Gasteiger partial charge < -0.3 is 9.84 Å². The van der Waals surface area contributed by atoms with Crippen LogP contribution in [0.5, 0.6) is 5.75 Å². The van der Waals surface area contributed by atoms with Crippen LogP contribution in [0.1, 0.15) is 46.6 Å². The van der Waals surface area contributed by atoms with Crippen LogP contribution in [0.3, 0.4) is 0 Å². The van der Waals surface area contributed by atoms with Crippen LogP contribution in [0.25, 0.3) is 0 Å². The summed E-state index contributed by atoms with van der Waals surface area (Å²) in [5.74, 6) is -0.315. The minimum atomic E-state index is -0.763. The zero-order chi connectivity index (χ0) is 16.3. The highest BCUT2D eigenvalue weighted by Crippen LogP contribution is 2.33. The van der Waals surface area contributed by atoms with E-state index in [4.69, 9.17) is 4.74 Å². The number of para-hydroxylation sites is 1. The molecule has 5 nitrogen and oxygen atoms in total. The summed E-state index contributed by atoms with van der Waals surface area (Å²) in [6.07, 6.45) is -0.704. The Morgan fingerprint density at radius 1 is 1.14 bits per heavy atom. The van der Waals surface area contributed by atoms with Gasteiger partial charge in [-0.05, 0) is 32.4 Å². The minimum Gasteiger partial charge on any atom is -0.508 e. The largest absolute Gasteiger partial charge is 0.508 e. The van der Waals surface area contributed by atoms with Crippen LogP contribution in [0.4, 0.5) is 4.79 Å². The SMILES string of the molecule is CC(C)(C)OC(=O)NC(=O)CC(C)(C)c1ccccc1O. The van der Waals surface area contributed by atoms with Gasteiger partial charge in [0, 0.05) is 11.8 Å². The summed E-state index contributed by atoms with van der Waals surface area (Å²) in [5.41, 5.74) is -0.598. The molecule has 1 aromatic rings. The van der Waals surface area contributed by atoms with Gasteiger partial charge in [-0.1, -0.05) is 32.0 Å². The van der Waals surface area contributed by atoms with Crippen LogP contribution in [-0.4, -0.2) is 22.7 Å². The highest BCUT2D eigenvalue weighted by molar-refractivity contribution is 5.92. The van der Waals surface area contributed by atoms with Crippen molar-refractivity contribution in [3.63, 3.8) is 0 Å². The molecule has 0 aliphatic heterocycles. The molecule has 0 atom stereocenters. The van der Waals surface area contributed by atoms with Gasteiger partial charge >= 0.3 is 6.09 Å². The third-order valence-corrected chi connectivity index (χ3v) is 2.88. The van der Waals surface area contributed by atoms with Crippen molar-refractivity contribution in [3.05, 3.63) is 29.8 Å². The number of phenols is 1. The molecule has 0 spiro atoms. The summed E-state index contributed by atoms with van der Waals surface area (Å²) in [7, 11) is 0. The lowest BCUT2D eigenvalue weighted by Gasteiger charge is -2.25. The van der Waals surface area contributed by atoms with Crippen molar-refractivity contribution < 1.29 is 19.4 Å². The summed E-state index contributed by atoms with van der Waals surface area (Å²) in [6.45, 7) is 8.84. The van der Waals surface area contributed by atoms with Crippen molar-refractivity contribution in [2.45, 2.75) is 52.1 Å². The lowest BCUT2D eigenvalue weighted by molar-refractivity contribution is -0.121. The first-order valence-electron chi connectivity index (χ1n) is 6.82. The molecule has 1 aromatic carbocycles. The van der Waals surface area contributed by atoms with E-state index < -0.39 is 23.0 Å². The first kappa shape index (κ1) is 17.0. The van der Waals surface area contributed by atoms with E-state index in [0.717, 1.165) is 0 Å². The molecule has 0 radical (unpaired) electrons. The number of hydrogen-bond donors (Lipinski definition) is 2. The number of rotatable bonds is 3. The third kappa shape index (κ3) is 5.45. The molecule has 0 bridgehead atoms. The summed E-state index contributed by atoms with van der Waals surface area (Å²) >= 11 is 0. The van der Waals surface area contributed by atoms with Gasteiger partial charge in [0.15, 0.2) is 0 Å². The van der Waals surface area contributed by atoms with Crippen molar-refractivity contribution in [1.82, 2.24) is 5.32 Å². The highest BCUT2D eigenvalue weighted by atomic mass is 16.6. The Labute approximate surface area is 125 Å². The number of carbonyl (C=O) groups is 2. The maximum absolute atomic E-state index is 11.9. The predicted octanol–water partition coefficient (Wildman–Crippen LogP) is 3.11. The second-order valence-corrected chi connectivity index (χ2v) is 6.63. The number of imide groups is 1. The van der Waals surface area contributed by atoms with E-state index in [-0.39, 0.29) is 12.2 Å². The second-order valence-electron chi connectivity index (χ2n) is 6.63. The van der Waals surface area contributed by atoms with Crippen molar-refractivity contribution in [3.8, 4) is 5.75 Å². The monoisotopic (exact) mass is 293 g/mol. The zero-order valence-corrected chi connectivity index (χ0v) is 13.2. The lowest BCUT2D eigenvalue weighted by Crippen LogP contribution is -2.38. The standard InChI is InChI=1S/C16H23NO4/c1-15(2,3)21-14(20)17-13(19)10-16(4,5)11-8-6-7-9-12(11)18/h6-9,18H,10H2,1-5H3,(H,17,19,20). The molecular weight excluding hydrogens is 270 g/mol. The fraction of sp³-hybridized carbons (Fsp3) is 0.500. The fourth-order valence-electron chi connectivity index (χ4n) is 2.00. The van der Waals surface area contributed by atoms with Gasteiger partial charge in [-0.25, -0.2) is 4.79 Å². The number of ether oxygens (including phenoxy) is 1. The molecule has 0 heterocycles. The van der Waals surface area contributed by atoms with Gasteiger partial charge in [0.05, 0.1) is 0 Å². The number of nitrogens with one attached hydrogen (secondary N) is 1. The van der Waals surface area contributed by atoms with Gasteiger partial charge in [-0.3, -0.25) is 10.1 Å². The van der Waals surface area contributed by atoms with E-state index in [0.29, 0.717) is 5.56 Å². The molecule has 2 N–H and O–H groups in total. The zero-order valence-electron chi connectivity index (χ0n) is 13.2. The fourth-order valence-corrected chi connectivity index (χ4v) is 2.00. The van der Waals surface area contributed by atoms with Crippen LogP contribution in [-0.2, 0) is 14.9 Å². The summed E-state index contributed by atoms with van der Waals surface area (Å²) in [5, 5.41) is 12.1. The van der Waals surface area contributed by atoms with Crippen molar-refractivity contribution in [1.29, 1.82) is 0 Å². The van der Waals surface area contributed by atoms with E-state index in [1.807, 2.05) is 13.8 Å². The number of carbonyl (C=O) groups excluding carboxylic acids is 2. The molecule has 0 unspecified atom stereocenters. The lowest BCUT2D eigenvalue weighted by atomic mass is 9.81. The quantitative estimate of drug-likeness (QED) is 0.898. The first-order chi connectivity index (χ1) is 9.51. The molecule has 2 amide bonds. The van der Waals surface area contributed by atoms with Gasteiger partial charge in [0.2, 0.25) is 5.91 Å². The van der Waals surface area contributed by atoms with E-state index in [2.05, 4.69) is 5.32 Å². The Balaban J connectivity index is 2.70. The third-order valence-electron chi connectivity index (χ3n) is 2.88. The maximum atomic E-state index is 11.9. The van der Waals surface area contributed by atoms with Gasteiger partial charge in [0.25, 0.3) is 0 Å². The van der Waals surface area contributed by atoms with Crippen LogP contribution >= 0.6 is 0 Å². The molecule has 0 saturated carbocycles. The number of benzene rings is 1. The number of aromatic hydroxyl groups is 1. The Morgan fingerprint density at radius 3 is 2.24 bits per heavy atom. The molecule has 0 fully saturated rings. The number of phenolic OH excluding ortho intramolecular Hbond substituents is 1. The Morgan fingerprint density at radius 2 is 1.71 bits per heavy atom. The molecule has 21 heavy (non-hydrogen) atoms. The average molecular weight is 293 g/mol. The van der Waals surface area contributed by atoms with Crippen molar-refractivity contribution in [2.75, 3.05) is 0 Å². The van der Waals surface area contributed by atoms with Crippen LogP contribution in [0, 0.1) is 0 Å². The topological polar surface area (TPSA) is 75.6 Å². The highest BCUT2D eigenvalue weighted by Gasteiger charge is 2.28. The summed E-state index contributed by atoms with van der Waals surface area (Å²) in [6, 6.07) is 6.84. The van der Waals surface area contributed by atoms with Crippen molar-refractivity contribution in [2.24, 2.45) is 0 Å². The number of amides is 2. The normalized spacial score (nSPS) is 11.9. The smallest absolute Gasteiger partial charge is 0.414 e. The minimum absolute atomic E-state index is 0.0593. The number of alkyl carbamates (subject to hydrolysis) is 1. The summed E-state index contributed by atoms with van der Waals surface area (Å²) < 4.78 is 5.03. The van der Waals surface area contributed by atoms with Crippen LogP contribution < -0.4 is 5.32 Å². The molecular formula is C16H23NO4. The van der Waals surface area contributed by atoms with Crippen LogP contribution in [0.15, 0.2) is 24.3 Å². The Kier molecular flexibility index (Phi) is 4.99. The molecule has 0 aliphatic rings. The van der Waals surface area contributed by atoms with E-state index in [1.54, 1.807) is 45.0 Å². The Bertz CT molecular complexity index is 529. The maximum Gasteiger partial charge on any atom is 0.414 e. The van der Waals surface area contributed by atoms with Gasteiger partial charge in [-0.15, -0.1) is 0 Å². The Hall–Kier alpha value is -2.04. The molecule has 0 aromatic heterocycles. The van der Waals surface area contributed by atoms with E-state index in [1.165, 1.54) is 0 Å². The van der Waals surface area contributed by atoms with E-state index >= 15 is 0 Å². The van der Waals surface area contributed by atoms with Crippen molar-refractivity contribution >= 4 is 12.0 Å². The summed E-state index contributed by atoms with van der Waals surface area (Å²) in [4.78, 5) is 23.5. The van der Waals surface area contributed by atoms with Gasteiger partial charge in [-0.2, -0.15) is 0 Å². The van der Waals surface area contributed by atoms with Crippen LogP contribution in [0.2, 0.25) is 0 Å². The van der Waals surface area contributed by atoms with E-state index in [9.17, 15) is 14.7 Å². The molecule has 1 rings (SSSR count). The molecule has 5 heteroatoms. The molecule has 0 aliphatic carbocycles. The second kappa shape index (κ2) is 6.16. The number of hydrogen-bond acceptors (Lipinski definition) is 4. The first-order valence-corrected chi connectivity index (χ1v) is 6.82. The van der Waals surface area contributed by atoms with Gasteiger partial charge in [0.1, 0.15) is 11.4 Å². The molecule has 116 valence electrons.